The second kappa shape index (κ2) is 5.62. The maximum Gasteiger partial charge on any atom is 0.0387 e. The Bertz CT molecular complexity index is 397. The summed E-state index contributed by atoms with van der Waals surface area (Å²) < 4.78 is 1.17. The third-order valence-electron chi connectivity index (χ3n) is 3.76. The lowest BCUT2D eigenvalue weighted by Crippen LogP contribution is -2.57. The molecule has 18 heavy (non-hydrogen) atoms. The Hall–Kier alpha value is -0.540. The van der Waals surface area contributed by atoms with Crippen molar-refractivity contribution in [3.05, 3.63) is 28.2 Å². The van der Waals surface area contributed by atoms with Gasteiger partial charge in [0.1, 0.15) is 0 Å². The molecule has 2 atom stereocenters. The molecule has 2 unspecified atom stereocenters. The molecular formula is C15H23BrN2. The number of hydrogen-bond acceptors (Lipinski definition) is 2. The average molecular weight is 311 g/mol. The molecule has 0 amide bonds. The molecule has 1 heterocycles. The predicted molar refractivity (Wildman–Crippen MR) is 82.3 cm³/mol. The molecule has 0 bridgehead atoms. The van der Waals surface area contributed by atoms with Crippen LogP contribution in [0.1, 0.15) is 26.3 Å². The second-order valence-electron chi connectivity index (χ2n) is 5.75. The van der Waals surface area contributed by atoms with Gasteiger partial charge >= 0.3 is 0 Å². The van der Waals surface area contributed by atoms with E-state index >= 15 is 0 Å². The van der Waals surface area contributed by atoms with Crippen LogP contribution in [0.5, 0.6) is 0 Å². The van der Waals surface area contributed by atoms with Gasteiger partial charge in [0.2, 0.25) is 0 Å². The Labute approximate surface area is 119 Å². The third kappa shape index (κ3) is 3.07. The Balaban J connectivity index is 2.23. The summed E-state index contributed by atoms with van der Waals surface area (Å²) in [6.07, 6.45) is 0. The molecule has 100 valence electrons. The summed E-state index contributed by atoms with van der Waals surface area (Å²) in [5, 5.41) is 3.64. The number of aryl methyl sites for hydroxylation is 1. The highest BCUT2D eigenvalue weighted by Crippen LogP contribution is 2.26. The fraction of sp³-hybridized carbons (Fsp3) is 0.600. The van der Waals surface area contributed by atoms with Crippen LogP contribution in [-0.4, -0.2) is 25.2 Å². The van der Waals surface area contributed by atoms with E-state index in [1.54, 1.807) is 0 Å². The summed E-state index contributed by atoms with van der Waals surface area (Å²) in [4.78, 5) is 2.53. The number of benzene rings is 1. The van der Waals surface area contributed by atoms with E-state index in [0.717, 1.165) is 13.1 Å². The highest BCUT2D eigenvalue weighted by molar-refractivity contribution is 9.10. The lowest BCUT2D eigenvalue weighted by molar-refractivity contribution is 0.337. The molecule has 0 aliphatic carbocycles. The van der Waals surface area contributed by atoms with Crippen LogP contribution in [-0.2, 0) is 0 Å². The number of hydrogen-bond donors (Lipinski definition) is 1. The minimum absolute atomic E-state index is 0.550. The molecule has 2 rings (SSSR count). The fourth-order valence-corrected chi connectivity index (χ4v) is 3.17. The van der Waals surface area contributed by atoms with Gasteiger partial charge in [-0.15, -0.1) is 0 Å². The summed E-state index contributed by atoms with van der Waals surface area (Å²) in [5.41, 5.74) is 2.65. The zero-order chi connectivity index (χ0) is 13.3. The van der Waals surface area contributed by atoms with Crippen LogP contribution in [0.25, 0.3) is 0 Å². The Morgan fingerprint density at radius 2 is 2.06 bits per heavy atom. The fourth-order valence-electron chi connectivity index (χ4n) is 2.58. The average Bonchev–Trinajstić information content (AvgIpc) is 2.27. The normalized spacial score (nSPS) is 24.7. The molecule has 1 aliphatic heterocycles. The summed E-state index contributed by atoms with van der Waals surface area (Å²) in [6, 6.07) is 7.81. The smallest absolute Gasteiger partial charge is 0.0387 e. The highest BCUT2D eigenvalue weighted by atomic mass is 79.9. The number of nitrogens with zero attached hydrogens (tertiary/aromatic N) is 1. The van der Waals surface area contributed by atoms with Gasteiger partial charge < -0.3 is 10.2 Å². The number of anilines is 1. The van der Waals surface area contributed by atoms with Crippen LogP contribution in [0.4, 0.5) is 5.69 Å². The molecule has 0 aromatic heterocycles. The number of halogens is 1. The maximum atomic E-state index is 3.64. The maximum absolute atomic E-state index is 3.64. The topological polar surface area (TPSA) is 15.3 Å². The second-order valence-corrected chi connectivity index (χ2v) is 6.66. The first-order valence-electron chi connectivity index (χ1n) is 6.74. The van der Waals surface area contributed by atoms with E-state index in [9.17, 15) is 0 Å². The largest absolute Gasteiger partial charge is 0.366 e. The van der Waals surface area contributed by atoms with E-state index in [0.29, 0.717) is 18.0 Å². The van der Waals surface area contributed by atoms with Crippen LogP contribution in [0, 0.1) is 12.8 Å². The van der Waals surface area contributed by atoms with Crippen molar-refractivity contribution in [1.82, 2.24) is 5.32 Å². The van der Waals surface area contributed by atoms with Crippen LogP contribution >= 0.6 is 15.9 Å². The first-order chi connectivity index (χ1) is 8.47. The van der Waals surface area contributed by atoms with Crippen LogP contribution < -0.4 is 10.2 Å². The number of piperazine rings is 1. The number of rotatable bonds is 2. The molecule has 1 N–H and O–H groups in total. The van der Waals surface area contributed by atoms with Crippen molar-refractivity contribution in [2.45, 2.75) is 39.8 Å². The molecule has 3 heteroatoms. The molecule has 1 aromatic rings. The van der Waals surface area contributed by atoms with Gasteiger partial charge in [-0.2, -0.15) is 0 Å². The SMILES string of the molecule is Cc1cc(Br)cc(N2CC(C(C)C)NCC2C)c1. The van der Waals surface area contributed by atoms with E-state index in [1.165, 1.54) is 15.7 Å². The molecule has 0 spiro atoms. The standard InChI is InChI=1S/C15H23BrN2/c1-10(2)15-9-18(12(4)8-17-15)14-6-11(3)5-13(16)7-14/h5-7,10,12,15,17H,8-9H2,1-4H3. The van der Waals surface area contributed by atoms with Crippen LogP contribution in [0.15, 0.2) is 22.7 Å². The molecule has 2 nitrogen and oxygen atoms in total. The molecule has 1 saturated heterocycles. The van der Waals surface area contributed by atoms with Gasteiger partial charge in [-0.1, -0.05) is 29.8 Å². The zero-order valence-electron chi connectivity index (χ0n) is 11.7. The summed E-state index contributed by atoms with van der Waals surface area (Å²) in [6.45, 7) is 11.2. The Morgan fingerprint density at radius 3 is 2.67 bits per heavy atom. The van der Waals surface area contributed by atoms with E-state index in [2.05, 4.69) is 72.0 Å². The van der Waals surface area contributed by atoms with Crippen LogP contribution in [0.3, 0.4) is 0 Å². The monoisotopic (exact) mass is 310 g/mol. The van der Waals surface area contributed by atoms with Gasteiger partial charge in [-0.05, 0) is 43.5 Å². The summed E-state index contributed by atoms with van der Waals surface area (Å²) in [5.74, 6) is 0.674. The van der Waals surface area contributed by atoms with Crippen molar-refractivity contribution < 1.29 is 0 Å². The summed E-state index contributed by atoms with van der Waals surface area (Å²) >= 11 is 3.60. The molecular weight excluding hydrogens is 288 g/mol. The molecule has 1 fully saturated rings. The van der Waals surface area contributed by atoms with E-state index < -0.39 is 0 Å². The van der Waals surface area contributed by atoms with E-state index in [1.807, 2.05) is 0 Å². The quantitative estimate of drug-likeness (QED) is 0.898. The minimum atomic E-state index is 0.550. The molecule has 0 saturated carbocycles. The van der Waals surface area contributed by atoms with E-state index in [-0.39, 0.29) is 0 Å². The molecule has 1 aliphatic rings. The van der Waals surface area contributed by atoms with Crippen molar-refractivity contribution in [2.24, 2.45) is 5.92 Å². The van der Waals surface area contributed by atoms with Crippen LogP contribution in [0.2, 0.25) is 0 Å². The predicted octanol–water partition coefficient (Wildman–Crippen LogP) is 3.58. The first-order valence-corrected chi connectivity index (χ1v) is 7.54. The van der Waals surface area contributed by atoms with Crippen molar-refractivity contribution in [3.8, 4) is 0 Å². The van der Waals surface area contributed by atoms with Gasteiger partial charge in [0, 0.05) is 35.3 Å². The van der Waals surface area contributed by atoms with Gasteiger partial charge in [-0.3, -0.25) is 0 Å². The van der Waals surface area contributed by atoms with Crippen molar-refractivity contribution in [2.75, 3.05) is 18.0 Å². The first kappa shape index (κ1) is 13.9. The van der Waals surface area contributed by atoms with Crippen molar-refractivity contribution >= 4 is 21.6 Å². The molecule has 0 radical (unpaired) electrons. The van der Waals surface area contributed by atoms with Crippen molar-refractivity contribution in [3.63, 3.8) is 0 Å². The van der Waals surface area contributed by atoms with Gasteiger partial charge in [0.15, 0.2) is 0 Å². The molecule has 1 aromatic carbocycles. The van der Waals surface area contributed by atoms with Gasteiger partial charge in [0.05, 0.1) is 0 Å². The number of nitrogens with one attached hydrogen (secondary N) is 1. The Morgan fingerprint density at radius 1 is 1.33 bits per heavy atom. The highest BCUT2D eigenvalue weighted by Gasteiger charge is 2.26. The lowest BCUT2D eigenvalue weighted by Gasteiger charge is -2.42. The summed E-state index contributed by atoms with van der Waals surface area (Å²) in [7, 11) is 0. The van der Waals surface area contributed by atoms with Crippen molar-refractivity contribution in [1.29, 1.82) is 0 Å². The van der Waals surface area contributed by atoms with E-state index in [4.69, 9.17) is 0 Å². The minimum Gasteiger partial charge on any atom is -0.366 e. The van der Waals surface area contributed by atoms with Gasteiger partial charge in [0.25, 0.3) is 0 Å². The third-order valence-corrected chi connectivity index (χ3v) is 4.22. The van der Waals surface area contributed by atoms with Gasteiger partial charge in [-0.25, -0.2) is 0 Å². The zero-order valence-corrected chi connectivity index (χ0v) is 13.3. The Kier molecular flexibility index (Phi) is 4.33. The lowest BCUT2D eigenvalue weighted by atomic mass is 9.99.